The van der Waals surface area contributed by atoms with E-state index in [1.165, 1.54) is 180 Å². The second-order valence-electron chi connectivity index (χ2n) is 37.9. The molecule has 0 aliphatic rings. The summed E-state index contributed by atoms with van der Waals surface area (Å²) >= 11 is 31.4. The van der Waals surface area contributed by atoms with Crippen LogP contribution < -0.4 is 0 Å². The zero-order chi connectivity index (χ0) is 97.1. The number of fused-ring (bicyclic) bond motifs is 46. The Labute approximate surface area is 879 Å². The Hall–Kier alpha value is -16.5. The van der Waals surface area contributed by atoms with E-state index in [2.05, 4.69) is 408 Å². The number of para-hydroxylation sites is 3. The van der Waals surface area contributed by atoms with Gasteiger partial charge >= 0.3 is 0 Å². The molecule has 12 heterocycles. The molecular formula is C130H68Cl3N9S6. The molecule has 0 aliphatic heterocycles. The zero-order valence-electron chi connectivity index (χ0n) is 77.9. The number of aromatic nitrogens is 9. The number of nitrogens with zero attached hydrogens (tertiary/aromatic N) is 9. The second-order valence-corrected chi connectivity index (χ2v) is 45.2. The van der Waals surface area contributed by atoms with Crippen LogP contribution in [0.4, 0.5) is 0 Å². The van der Waals surface area contributed by atoms with Gasteiger partial charge in [-0.05, 0) is 160 Å². The average Bonchev–Trinajstić information content (AvgIpc) is 1.53. The highest BCUT2D eigenvalue weighted by atomic mass is 35.5. The molecule has 0 radical (unpaired) electrons. The van der Waals surface area contributed by atoms with Crippen molar-refractivity contribution < 1.29 is 0 Å². The van der Waals surface area contributed by atoms with Gasteiger partial charge in [0.05, 0.1) is 52.9 Å². The maximum absolute atomic E-state index is 7.09. The fourth-order valence-electron chi connectivity index (χ4n) is 23.9. The Morgan fingerprint density at radius 2 is 0.514 bits per heavy atom. The summed E-state index contributed by atoms with van der Waals surface area (Å²) in [5.41, 5.74) is 17.6. The lowest BCUT2D eigenvalue weighted by molar-refractivity contribution is 1.09. The maximum Gasteiger partial charge on any atom is 0.177 e. The van der Waals surface area contributed by atoms with Gasteiger partial charge in [-0.1, -0.05) is 368 Å². The van der Waals surface area contributed by atoms with Gasteiger partial charge in [0.2, 0.25) is 0 Å². The van der Waals surface area contributed by atoms with Crippen molar-refractivity contribution in [1.82, 2.24) is 43.6 Å². The van der Waals surface area contributed by atoms with Crippen molar-refractivity contribution in [2.75, 3.05) is 0 Å². The first-order valence-corrected chi connectivity index (χ1v) is 55.0. The molecule has 0 bridgehead atoms. The number of thiophene rings is 6. The predicted octanol–water partition coefficient (Wildman–Crippen LogP) is 40.0. The molecule has 22 aromatic carbocycles. The fourth-order valence-corrected chi connectivity index (χ4v) is 31.5. The van der Waals surface area contributed by atoms with Crippen molar-refractivity contribution >= 4 is 365 Å². The van der Waals surface area contributed by atoms with Gasteiger partial charge in [-0.25, -0.2) is 29.9 Å². The molecule has 0 N–H and O–H groups in total. The Balaban J connectivity index is 0.0000000992. The summed E-state index contributed by atoms with van der Waals surface area (Å²) in [6.45, 7) is 0. The van der Waals surface area contributed by atoms with E-state index >= 15 is 0 Å². The Kier molecular flexibility index (Phi) is 18.8. The zero-order valence-corrected chi connectivity index (χ0v) is 85.0. The van der Waals surface area contributed by atoms with Gasteiger partial charge in [-0.2, -0.15) is 0 Å². The third-order valence-corrected chi connectivity index (χ3v) is 37.6. The molecule has 0 amide bonds. The summed E-state index contributed by atoms with van der Waals surface area (Å²) in [6.07, 6.45) is 0. The maximum atomic E-state index is 7.09. The monoisotopic (exact) mass is 2050 g/mol. The summed E-state index contributed by atoms with van der Waals surface area (Å²) < 4.78 is 18.5. The number of benzene rings is 22. The molecule has 0 saturated heterocycles. The van der Waals surface area contributed by atoms with E-state index in [-0.39, 0.29) is 0 Å². The molecular weight excluding hydrogens is 1990 g/mol. The van der Waals surface area contributed by atoms with E-state index in [0.717, 1.165) is 117 Å². The molecule has 148 heavy (non-hydrogen) atoms. The summed E-state index contributed by atoms with van der Waals surface area (Å²) in [5.74, 6) is 0.667. The lowest BCUT2D eigenvalue weighted by Gasteiger charge is -2.15. The van der Waals surface area contributed by atoms with E-state index < -0.39 is 0 Å². The molecule has 0 fully saturated rings. The van der Waals surface area contributed by atoms with Gasteiger partial charge in [0.25, 0.3) is 0 Å². The molecule has 12 aromatic heterocycles. The molecule has 18 heteroatoms. The van der Waals surface area contributed by atoms with Gasteiger partial charge in [0, 0.05) is 131 Å². The summed E-state index contributed by atoms with van der Waals surface area (Å²) in [4.78, 5) is 32.7. The van der Waals surface area contributed by atoms with Crippen LogP contribution >= 0.6 is 103 Å². The van der Waals surface area contributed by atoms with Crippen molar-refractivity contribution in [3.8, 4) is 50.8 Å². The predicted molar refractivity (Wildman–Crippen MR) is 640 cm³/mol. The summed E-state index contributed by atoms with van der Waals surface area (Å²) in [5, 5.41) is 37.5. The minimum Gasteiger partial charge on any atom is -0.308 e. The van der Waals surface area contributed by atoms with E-state index in [1.807, 2.05) is 52.2 Å². The molecule has 9 nitrogen and oxygen atoms in total. The van der Waals surface area contributed by atoms with Crippen LogP contribution in [0.5, 0.6) is 0 Å². The molecule has 0 saturated carbocycles. The van der Waals surface area contributed by atoms with Crippen LogP contribution in [0.25, 0.3) is 313 Å². The highest BCUT2D eigenvalue weighted by molar-refractivity contribution is 7.29. The van der Waals surface area contributed by atoms with Crippen LogP contribution in [-0.4, -0.2) is 43.6 Å². The molecule has 0 atom stereocenters. The third-order valence-electron chi connectivity index (χ3n) is 30.1. The number of rotatable bonds is 6. The van der Waals surface area contributed by atoms with Gasteiger partial charge in [0.1, 0.15) is 42.4 Å². The highest BCUT2D eigenvalue weighted by Gasteiger charge is 2.31. The quantitative estimate of drug-likeness (QED) is 0.165. The summed E-state index contributed by atoms with van der Waals surface area (Å²) in [6, 6.07) is 148. The first kappa shape index (κ1) is 84.8. The van der Waals surface area contributed by atoms with Crippen LogP contribution in [0.3, 0.4) is 0 Å². The molecule has 34 rings (SSSR count). The third kappa shape index (κ3) is 12.4. The van der Waals surface area contributed by atoms with Crippen LogP contribution in [-0.2, 0) is 0 Å². The Morgan fingerprint density at radius 3 is 0.973 bits per heavy atom. The van der Waals surface area contributed by atoms with Crippen molar-refractivity contribution in [3.05, 3.63) is 428 Å². The standard InChI is InChI=1S/C48H26ClN3S2.C46H24ClN3S2.C36H18ClN3S2/c49-47-43(51-48-44(50-47)36-14-6-8-16-38(36)54-48)30-19-17-27(18-20-30)28-21-24-31(25-22-28)52-37-15-7-5-13-35(37)40-33-11-3-4-12-34(33)42-41-32-10-2-1-9-29(32)23-26-39(41)53-46(42)45(40)52;47-45-41(48-42-33-18-8-10-20-36(33)52-46(42)49-45)31-22-23-35(28-14-4-3-13-27(28)31)50-34-19-9-7-17-32(34)38-29-15-5-6-16-30(29)40-39-26-12-2-1-11-25(26)21-24-37(39)51-44(40)43(38)50;37-34-35(39-36-31(38-34)24-14-6-8-16-26(24)42-36)40-25-15-7-5-13-23(25)28-21-11-3-4-12-22(21)30-29-20-10-2-1-9-19(20)17-18-27(29)41-33(30)32(28)40/h1-26H;1-24H;1-18H. The lowest BCUT2D eigenvalue weighted by atomic mass is 9.96. The van der Waals surface area contributed by atoms with Crippen molar-refractivity contribution in [2.45, 2.75) is 0 Å². The molecule has 34 aromatic rings. The minimum atomic E-state index is 0.404. The first-order chi connectivity index (χ1) is 73.2. The molecule has 690 valence electrons. The van der Waals surface area contributed by atoms with Gasteiger partial charge in [-0.15, -0.1) is 68.0 Å². The first-order valence-electron chi connectivity index (χ1n) is 49.0. The van der Waals surface area contributed by atoms with E-state index in [1.54, 1.807) is 34.0 Å². The topological polar surface area (TPSA) is 92.1 Å². The molecule has 0 spiro atoms. The van der Waals surface area contributed by atoms with E-state index in [9.17, 15) is 0 Å². The van der Waals surface area contributed by atoms with Crippen LogP contribution in [0.1, 0.15) is 0 Å². The molecule has 0 unspecified atom stereocenters. The van der Waals surface area contributed by atoms with E-state index in [4.69, 9.17) is 64.7 Å². The van der Waals surface area contributed by atoms with Gasteiger partial charge in [0.15, 0.2) is 21.3 Å². The summed E-state index contributed by atoms with van der Waals surface area (Å²) in [7, 11) is 0. The number of halogens is 3. The lowest BCUT2D eigenvalue weighted by Crippen LogP contribution is -2.00. The minimum absolute atomic E-state index is 0.404. The van der Waals surface area contributed by atoms with Crippen molar-refractivity contribution in [3.63, 3.8) is 0 Å². The largest absolute Gasteiger partial charge is 0.308 e. The SMILES string of the molecule is Clc1nc2c(nc1-c1ccc(-c3ccc(-n4c5ccccc5c5c6ccccc6c6c(sc7ccc8ccccc8c76)c54)cc3)cc1)sc1ccccc12.Clc1nc2c(nc1-n1c3ccccc3c3c4ccccc4c4c(sc5ccc6ccccc6c54)c31)sc1ccccc12.Clc1nc2sc3ccccc3c2nc1-c1ccc(-n2c3ccccc3c3c4ccccc4c4c(sc5ccc6ccccc6c54)c32)c2ccccc12. The number of hydrogen-bond donors (Lipinski definition) is 0. The molecule has 0 aliphatic carbocycles. The fraction of sp³-hybridized carbons (Fsp3) is 0. The average molecular weight is 2050 g/mol. The Bertz CT molecular complexity index is 11900. The van der Waals surface area contributed by atoms with Gasteiger partial charge in [-0.3, -0.25) is 4.57 Å². The smallest absolute Gasteiger partial charge is 0.177 e. The highest BCUT2D eigenvalue weighted by Crippen LogP contribution is 2.56. The number of hydrogen-bond acceptors (Lipinski definition) is 12. The van der Waals surface area contributed by atoms with Crippen LogP contribution in [0.2, 0.25) is 15.5 Å². The van der Waals surface area contributed by atoms with Crippen LogP contribution in [0, 0.1) is 0 Å². The van der Waals surface area contributed by atoms with E-state index in [0.29, 0.717) is 32.7 Å². The van der Waals surface area contributed by atoms with Crippen molar-refractivity contribution in [2.24, 2.45) is 0 Å². The Morgan fingerprint density at radius 1 is 0.189 bits per heavy atom. The second kappa shape index (κ2) is 32.7. The van der Waals surface area contributed by atoms with Crippen LogP contribution in [0.15, 0.2) is 413 Å². The van der Waals surface area contributed by atoms with Gasteiger partial charge < -0.3 is 9.13 Å². The van der Waals surface area contributed by atoms with Crippen molar-refractivity contribution in [1.29, 1.82) is 0 Å². The normalized spacial score (nSPS) is 12.3.